The van der Waals surface area contributed by atoms with Gasteiger partial charge in [-0.2, -0.15) is 0 Å². The minimum absolute atomic E-state index is 0.0615. The van der Waals surface area contributed by atoms with Crippen molar-refractivity contribution < 1.29 is 9.58 Å². The van der Waals surface area contributed by atoms with E-state index in [2.05, 4.69) is 195 Å². The quantitative estimate of drug-likeness (QED) is 0.129. The summed E-state index contributed by atoms with van der Waals surface area (Å²) in [7, 11) is 0. The van der Waals surface area contributed by atoms with Crippen LogP contribution < -0.4 is 9.94 Å². The molecule has 0 fully saturated rings. The van der Waals surface area contributed by atoms with Crippen molar-refractivity contribution in [2.75, 3.05) is 0 Å². The topological polar surface area (TPSA) is 64.2 Å². The molecule has 0 spiro atoms. The number of hydrogen-bond acceptors (Lipinski definition) is 3. The van der Waals surface area contributed by atoms with Crippen LogP contribution in [-0.2, 0) is 10.8 Å². The van der Waals surface area contributed by atoms with Crippen molar-refractivity contribution in [2.24, 2.45) is 0 Å². The Morgan fingerprint density at radius 1 is 0.623 bits per heavy atom. The van der Waals surface area contributed by atoms with Gasteiger partial charge < -0.3 is 18.6 Å². The number of imidazole rings is 3. The van der Waals surface area contributed by atoms with Crippen molar-refractivity contribution >= 4 is 40.3 Å². The molecule has 298 valence electrons. The molecule has 0 aliphatic rings. The van der Waals surface area contributed by atoms with E-state index < -0.39 is 6.98 Å². The fourth-order valence-electron chi connectivity index (χ4n) is 8.56. The first-order valence-corrected chi connectivity index (χ1v) is 20.9. The highest BCUT2D eigenvalue weighted by Gasteiger charge is 2.35. The van der Waals surface area contributed by atoms with Crippen LogP contribution in [0, 0.1) is 6.33 Å². The number of benzene rings is 6. The first kappa shape index (κ1) is 38.0. The molecular formula is C53H47BN6O. The van der Waals surface area contributed by atoms with Crippen molar-refractivity contribution in [1.29, 1.82) is 0 Å². The van der Waals surface area contributed by atoms with E-state index in [1.807, 2.05) is 35.0 Å². The fourth-order valence-corrected chi connectivity index (χ4v) is 8.56. The third-order valence-corrected chi connectivity index (χ3v) is 11.9. The number of rotatable bonds is 7. The summed E-state index contributed by atoms with van der Waals surface area (Å²) in [5, 5.41) is 11.8. The maximum atomic E-state index is 11.8. The Hall–Kier alpha value is -7.19. The Kier molecular flexibility index (Phi) is 9.06. The molecule has 0 amide bonds. The van der Waals surface area contributed by atoms with Crippen LogP contribution in [0.5, 0.6) is 5.75 Å². The third-order valence-electron chi connectivity index (χ3n) is 11.9. The van der Waals surface area contributed by atoms with E-state index in [9.17, 15) is 5.11 Å². The fraction of sp³-hybridized carbons (Fsp3) is 0.151. The highest BCUT2D eigenvalue weighted by Crippen LogP contribution is 2.37. The Morgan fingerprint density at radius 3 is 2.02 bits per heavy atom. The van der Waals surface area contributed by atoms with Crippen LogP contribution in [0.1, 0.15) is 52.7 Å². The number of phenols is 1. The van der Waals surface area contributed by atoms with Gasteiger partial charge >= 0.3 is 6.98 Å². The van der Waals surface area contributed by atoms with Crippen LogP contribution in [0.25, 0.3) is 67.2 Å². The predicted octanol–water partition coefficient (Wildman–Crippen LogP) is 10.8. The van der Waals surface area contributed by atoms with Gasteiger partial charge in [0, 0.05) is 17.9 Å². The van der Waals surface area contributed by atoms with Gasteiger partial charge in [-0.15, -0.1) is 0 Å². The van der Waals surface area contributed by atoms with Crippen molar-refractivity contribution in [3.8, 4) is 45.1 Å². The normalized spacial score (nSPS) is 12.2. The highest BCUT2D eigenvalue weighted by atomic mass is 16.3. The average Bonchev–Trinajstić information content (AvgIpc) is 3.95. The van der Waals surface area contributed by atoms with Crippen LogP contribution in [-0.4, -0.2) is 35.5 Å². The second kappa shape index (κ2) is 14.5. The molecule has 10 aromatic rings. The van der Waals surface area contributed by atoms with E-state index >= 15 is 0 Å². The van der Waals surface area contributed by atoms with E-state index in [1.54, 1.807) is 6.07 Å². The molecule has 1 N–H and O–H groups in total. The van der Waals surface area contributed by atoms with Gasteiger partial charge in [-0.25, -0.2) is 4.98 Å². The molecule has 4 heterocycles. The lowest BCUT2D eigenvalue weighted by Gasteiger charge is -2.20. The lowest BCUT2D eigenvalue weighted by atomic mass is 9.67. The Bertz CT molecular complexity index is 3240. The number of aromatic hydroxyl groups is 1. The molecule has 6 aromatic carbocycles. The zero-order valence-electron chi connectivity index (χ0n) is 35.4. The lowest BCUT2D eigenvalue weighted by molar-refractivity contribution is -0.513. The zero-order valence-corrected chi connectivity index (χ0v) is 35.4. The summed E-state index contributed by atoms with van der Waals surface area (Å²) in [6.07, 6.45) is 7.92. The van der Waals surface area contributed by atoms with Gasteiger partial charge in [0.1, 0.15) is 5.75 Å². The lowest BCUT2D eigenvalue weighted by Crippen LogP contribution is -2.63. The molecule has 0 radical (unpaired) electrons. The number of nitrogens with zero attached hydrogens (tertiary/aromatic N) is 6. The summed E-state index contributed by atoms with van der Waals surface area (Å²) in [5.74, 6) is 0.942. The Morgan fingerprint density at radius 2 is 1.28 bits per heavy atom. The smallest absolute Gasteiger partial charge is 0.513 e. The summed E-state index contributed by atoms with van der Waals surface area (Å²) in [5.41, 5.74) is 13.8. The van der Waals surface area contributed by atoms with Crippen molar-refractivity contribution in [1.82, 2.24) is 23.4 Å². The predicted molar refractivity (Wildman–Crippen MR) is 249 cm³/mol. The van der Waals surface area contributed by atoms with E-state index in [4.69, 9.17) is 9.97 Å². The van der Waals surface area contributed by atoms with Crippen LogP contribution in [0.4, 0.5) is 0 Å². The first-order chi connectivity index (χ1) is 29.4. The molecule has 0 atom stereocenters. The van der Waals surface area contributed by atoms with Crippen molar-refractivity contribution in [2.45, 2.75) is 52.4 Å². The van der Waals surface area contributed by atoms with Gasteiger partial charge in [0.15, 0.2) is 0 Å². The van der Waals surface area contributed by atoms with Gasteiger partial charge in [-0.05, 0) is 86.1 Å². The summed E-state index contributed by atoms with van der Waals surface area (Å²) in [4.78, 5) is 10.3. The molecule has 0 unspecified atom stereocenters. The van der Waals surface area contributed by atoms with Crippen LogP contribution in [0.2, 0.25) is 0 Å². The van der Waals surface area contributed by atoms with Crippen molar-refractivity contribution in [3.63, 3.8) is 0 Å². The SMILES string of the molecule is CC(C)(C)c1ccnc(-c2cn(B(c3ccccc3)[n+]3[c-]n(-c4cc(-c5ccccc5-c5ccccc5)ccc4O)c4cc(C(C)(C)C)ccc43)c3nc4ccccc4n23)c1. The molecule has 0 aliphatic heterocycles. The van der Waals surface area contributed by atoms with Gasteiger partial charge in [-0.1, -0.05) is 163 Å². The number of para-hydroxylation sites is 2. The maximum Gasteiger partial charge on any atom is 0.525 e. The summed E-state index contributed by atoms with van der Waals surface area (Å²) >= 11 is 0. The molecule has 4 aromatic heterocycles. The summed E-state index contributed by atoms with van der Waals surface area (Å²) < 4.78 is 8.71. The number of hydrogen-bond donors (Lipinski definition) is 1. The van der Waals surface area contributed by atoms with E-state index in [0.717, 1.165) is 66.9 Å². The second-order valence-electron chi connectivity index (χ2n) is 18.0. The van der Waals surface area contributed by atoms with Crippen LogP contribution >= 0.6 is 0 Å². The van der Waals surface area contributed by atoms with E-state index in [-0.39, 0.29) is 16.6 Å². The Balaban J connectivity index is 1.25. The number of pyridine rings is 1. The number of fused-ring (bicyclic) bond motifs is 4. The number of phenolic OH excluding ortho intramolecular Hbond substituents is 1. The molecule has 0 saturated carbocycles. The van der Waals surface area contributed by atoms with Gasteiger partial charge in [-0.3, -0.25) is 9.38 Å². The van der Waals surface area contributed by atoms with Gasteiger partial charge in [0.2, 0.25) is 12.1 Å². The highest BCUT2D eigenvalue weighted by molar-refractivity contribution is 6.64. The monoisotopic (exact) mass is 794 g/mol. The Labute approximate surface area is 357 Å². The van der Waals surface area contributed by atoms with Crippen molar-refractivity contribution in [3.05, 3.63) is 188 Å². The van der Waals surface area contributed by atoms with Gasteiger partial charge in [0.25, 0.3) is 0 Å². The maximum absolute atomic E-state index is 11.8. The minimum atomic E-state index is -0.437. The molecule has 8 heteroatoms. The molecule has 61 heavy (non-hydrogen) atoms. The zero-order chi connectivity index (χ0) is 42.0. The van der Waals surface area contributed by atoms with Crippen LogP contribution in [0.3, 0.4) is 0 Å². The molecule has 7 nitrogen and oxygen atoms in total. The first-order valence-electron chi connectivity index (χ1n) is 20.9. The van der Waals surface area contributed by atoms with E-state index in [0.29, 0.717) is 5.69 Å². The second-order valence-corrected chi connectivity index (χ2v) is 18.0. The van der Waals surface area contributed by atoms with E-state index in [1.165, 1.54) is 11.1 Å². The molecular weight excluding hydrogens is 747 g/mol. The summed E-state index contributed by atoms with van der Waals surface area (Å²) in [6.45, 7) is 12.9. The van der Waals surface area contributed by atoms with Gasteiger partial charge in [0.05, 0.1) is 33.6 Å². The average molecular weight is 795 g/mol. The molecule has 10 rings (SSSR count). The summed E-state index contributed by atoms with van der Waals surface area (Å²) in [6, 6.07) is 54.6. The molecule has 0 saturated heterocycles. The largest absolute Gasteiger partial charge is 0.525 e. The molecule has 0 bridgehead atoms. The standard InChI is InChI=1S/C53H47BN6O/c1-52(2,3)38-26-27-46-47(33-38)57(48-31-37(25-28-50(48)61)42-22-14-13-21-41(42)36-17-9-7-10-18-36)35-59(46)54(40-19-11-8-12-20-40)58-34-49(44-32-39(29-30-55-44)53(4,5)6)60-45-24-16-15-23-43(45)56-51(58)60/h7-34,61H,1-6H3. The van der Waals surface area contributed by atoms with Crippen LogP contribution in [0.15, 0.2) is 170 Å². The minimum Gasteiger partial charge on any atom is -0.513 e. The molecule has 0 aliphatic carbocycles. The number of aromatic nitrogens is 6. The third kappa shape index (κ3) is 6.69.